The average Bonchev–Trinajstić information content (AvgIpc) is 3.26. The Morgan fingerprint density at radius 1 is 0.373 bits per heavy atom. The third-order valence-electron chi connectivity index (χ3n) is 15.0. The summed E-state index contributed by atoms with van der Waals surface area (Å²) in [4.78, 5) is 51.9. The van der Waals surface area contributed by atoms with E-state index in [-0.39, 0.29) is 56.4 Å². The molecule has 6 rings (SSSR count). The lowest BCUT2D eigenvalue weighted by atomic mass is 9.53. The van der Waals surface area contributed by atoms with Gasteiger partial charge in [-0.1, -0.05) is 145 Å². The van der Waals surface area contributed by atoms with E-state index in [1.165, 1.54) is 69.3 Å². The molecule has 0 atom stereocenters. The molecule has 0 saturated heterocycles. The van der Waals surface area contributed by atoms with Crippen LogP contribution in [0.3, 0.4) is 0 Å². The molecule has 0 aliphatic heterocycles. The second-order valence-corrected chi connectivity index (χ2v) is 32.8. The maximum absolute atomic E-state index is 13.0. The Kier molecular flexibility index (Phi) is 18.7. The van der Waals surface area contributed by atoms with Crippen LogP contribution in [0.25, 0.3) is 0 Å². The molecule has 0 unspecified atom stereocenters. The van der Waals surface area contributed by atoms with Crippen molar-refractivity contribution < 1.29 is 38.1 Å². The Morgan fingerprint density at radius 2 is 0.573 bits per heavy atom. The van der Waals surface area contributed by atoms with Gasteiger partial charge in [0.1, 0.15) is 23.0 Å². The normalized spacial score (nSPS) is 16.8. The molecule has 0 heterocycles. The minimum atomic E-state index is -0.317. The summed E-state index contributed by atoms with van der Waals surface area (Å²) >= 11 is 4.75. The van der Waals surface area contributed by atoms with Crippen molar-refractivity contribution in [2.75, 3.05) is 0 Å². The monoisotopic (exact) mass is 1100 g/mol. The molecule has 8 nitrogen and oxygen atoms in total. The number of hydrogen-bond donors (Lipinski definition) is 0. The minimum absolute atomic E-state index is 0.0348. The maximum atomic E-state index is 13.0. The molecular formula is C63H84O8S4. The molecule has 2 aliphatic carbocycles. The molecule has 0 N–H and O–H groups in total. The fourth-order valence-electron chi connectivity index (χ4n) is 11.2. The van der Waals surface area contributed by atoms with Crippen molar-refractivity contribution in [2.24, 2.45) is 17.3 Å². The fraction of sp³-hybridized carbons (Fsp3) is 0.556. The smallest absolute Gasteiger partial charge is 0.373 e. The first-order chi connectivity index (χ1) is 34.6. The van der Waals surface area contributed by atoms with E-state index in [1.807, 2.05) is 135 Å². The third-order valence-corrected chi connectivity index (χ3v) is 18.5. The lowest BCUT2D eigenvalue weighted by molar-refractivity contribution is 0.0364. The molecule has 408 valence electrons. The Balaban J connectivity index is 1.29. The number of hydrogen-bond acceptors (Lipinski definition) is 12. The molecule has 0 amide bonds. The van der Waals surface area contributed by atoms with Gasteiger partial charge in [-0.2, -0.15) is 0 Å². The summed E-state index contributed by atoms with van der Waals surface area (Å²) < 4.78 is 22.6. The number of carbonyl (C=O) groups excluding carboxylic acids is 4. The second kappa shape index (κ2) is 23.2. The number of aryl methyl sites for hydroxylation is 4. The van der Waals surface area contributed by atoms with Gasteiger partial charge in [-0.3, -0.25) is 0 Å². The number of carbonyl (C=O) groups is 4. The molecule has 0 aromatic heterocycles. The standard InChI is InChI=1S/C63H84O8S4/c1-39-35-45(19-23-49(39)68-53(64)72-57(5,6)7)62(46-20-24-50(40(2)36-46)69-54(65)73-58(8,9)10)31-27-43(28-32-62)61(17,18)44-29-33-63(34-30-44,47-21-25-51(41(3)37-47)70-55(66)74-59(11,12)13)48-22-26-52(42(4)38-48)71-56(67)75-60(14,15)16/h19-26,35-38,43-44H,27-34H2,1-18H3. The quantitative estimate of drug-likeness (QED) is 0.141. The number of rotatable bonds is 10. The minimum Gasteiger partial charge on any atom is -0.418 e. The van der Waals surface area contributed by atoms with Crippen molar-refractivity contribution in [3.05, 3.63) is 117 Å². The van der Waals surface area contributed by atoms with Crippen LogP contribution >= 0.6 is 47.0 Å². The van der Waals surface area contributed by atoms with E-state index < -0.39 is 0 Å². The first-order valence-corrected chi connectivity index (χ1v) is 29.9. The number of benzene rings is 4. The fourth-order valence-corrected chi connectivity index (χ4v) is 13.7. The summed E-state index contributed by atoms with van der Waals surface area (Å²) in [6, 6.07) is 25.3. The summed E-state index contributed by atoms with van der Waals surface area (Å²) in [6.07, 6.45) is 7.87. The van der Waals surface area contributed by atoms with Crippen molar-refractivity contribution in [1.29, 1.82) is 0 Å². The SMILES string of the molecule is Cc1cc(C2(c3ccc(OC(=O)SC(C)(C)C)c(C)c3)CCC(C(C)(C)C3CCC(c4ccc(OC(=O)SC(C)(C)C)c(C)c4)(c4ccc(OC(=O)SC(C)(C)C)c(C)c4)CC3)CC2)ccc1OC(=O)SC(C)(C)C. The van der Waals surface area contributed by atoms with Crippen LogP contribution in [0.2, 0.25) is 0 Å². The lowest BCUT2D eigenvalue weighted by Crippen LogP contribution is -2.43. The van der Waals surface area contributed by atoms with Crippen molar-refractivity contribution in [3.8, 4) is 23.0 Å². The molecule has 4 aromatic carbocycles. The van der Waals surface area contributed by atoms with Crippen molar-refractivity contribution in [1.82, 2.24) is 0 Å². The Morgan fingerprint density at radius 3 is 0.747 bits per heavy atom. The highest BCUT2D eigenvalue weighted by molar-refractivity contribution is 8.15. The average molecular weight is 1100 g/mol. The zero-order valence-electron chi connectivity index (χ0n) is 48.1. The van der Waals surface area contributed by atoms with Gasteiger partial charge in [0.25, 0.3) is 0 Å². The summed E-state index contributed by atoms with van der Waals surface area (Å²) in [5.41, 5.74) is 7.86. The largest absolute Gasteiger partial charge is 0.418 e. The highest BCUT2D eigenvalue weighted by Gasteiger charge is 2.48. The van der Waals surface area contributed by atoms with Gasteiger partial charge in [-0.15, -0.1) is 0 Å². The van der Waals surface area contributed by atoms with Crippen LogP contribution < -0.4 is 18.9 Å². The van der Waals surface area contributed by atoms with E-state index in [0.717, 1.165) is 73.6 Å². The number of thioether (sulfide) groups is 4. The van der Waals surface area contributed by atoms with Gasteiger partial charge in [-0.25, -0.2) is 19.2 Å². The van der Waals surface area contributed by atoms with Crippen molar-refractivity contribution >= 4 is 68.3 Å². The Bertz CT molecular complexity index is 2380. The van der Waals surface area contributed by atoms with Crippen LogP contribution in [0.4, 0.5) is 19.2 Å². The molecular weight excluding hydrogens is 1010 g/mol. The van der Waals surface area contributed by atoms with E-state index in [2.05, 4.69) is 62.4 Å². The molecule has 75 heavy (non-hydrogen) atoms. The second-order valence-electron chi connectivity index (χ2n) is 25.7. The highest BCUT2D eigenvalue weighted by Crippen LogP contribution is 2.58. The topological polar surface area (TPSA) is 105 Å². The Labute approximate surface area is 466 Å². The first kappa shape index (κ1) is 60.4. The summed E-state index contributed by atoms with van der Waals surface area (Å²) in [5.74, 6) is 3.23. The van der Waals surface area contributed by atoms with Crippen LogP contribution in [0, 0.1) is 44.9 Å². The maximum Gasteiger partial charge on any atom is 0.373 e. The van der Waals surface area contributed by atoms with Gasteiger partial charge in [-0.05, 0) is 212 Å². The van der Waals surface area contributed by atoms with Crippen LogP contribution in [-0.2, 0) is 10.8 Å². The van der Waals surface area contributed by atoms with Gasteiger partial charge < -0.3 is 18.9 Å². The van der Waals surface area contributed by atoms with Gasteiger partial charge in [0, 0.05) is 29.8 Å². The van der Waals surface area contributed by atoms with Gasteiger partial charge >= 0.3 is 21.2 Å². The molecule has 0 bridgehead atoms. The van der Waals surface area contributed by atoms with Crippen LogP contribution in [0.15, 0.2) is 72.8 Å². The van der Waals surface area contributed by atoms with Crippen LogP contribution in [0.5, 0.6) is 23.0 Å². The first-order valence-electron chi connectivity index (χ1n) is 26.7. The molecule has 12 heteroatoms. The molecule has 2 aliphatic rings. The number of ether oxygens (including phenoxy) is 4. The van der Waals surface area contributed by atoms with E-state index in [4.69, 9.17) is 18.9 Å². The third kappa shape index (κ3) is 15.7. The zero-order chi connectivity index (χ0) is 55.7. The molecule has 2 saturated carbocycles. The molecule has 0 spiro atoms. The van der Waals surface area contributed by atoms with Crippen LogP contribution in [0.1, 0.15) is 193 Å². The summed E-state index contributed by atoms with van der Waals surface area (Å²) in [5, 5.41) is -1.26. The highest BCUT2D eigenvalue weighted by atomic mass is 32.2. The van der Waals surface area contributed by atoms with Gasteiger partial charge in [0.15, 0.2) is 0 Å². The van der Waals surface area contributed by atoms with E-state index in [0.29, 0.717) is 34.8 Å². The molecule has 0 radical (unpaired) electrons. The van der Waals surface area contributed by atoms with E-state index >= 15 is 0 Å². The van der Waals surface area contributed by atoms with E-state index in [9.17, 15) is 19.2 Å². The summed E-state index contributed by atoms with van der Waals surface area (Å²) in [7, 11) is 0. The predicted octanol–water partition coefficient (Wildman–Crippen LogP) is 19.7. The molecule has 2 fully saturated rings. The van der Waals surface area contributed by atoms with E-state index in [1.54, 1.807) is 0 Å². The van der Waals surface area contributed by atoms with Crippen LogP contribution in [-0.4, -0.2) is 40.2 Å². The summed E-state index contributed by atoms with van der Waals surface area (Å²) in [6.45, 7) is 37.1. The van der Waals surface area contributed by atoms with Gasteiger partial charge in [0.05, 0.1) is 0 Å². The molecule has 4 aromatic rings. The lowest BCUT2D eigenvalue weighted by Gasteiger charge is -2.52. The van der Waals surface area contributed by atoms with Crippen molar-refractivity contribution in [2.45, 2.75) is 206 Å². The predicted molar refractivity (Wildman–Crippen MR) is 317 cm³/mol. The zero-order valence-corrected chi connectivity index (χ0v) is 51.4. The van der Waals surface area contributed by atoms with Gasteiger partial charge in [0.2, 0.25) is 0 Å². The Hall–Kier alpha value is -3.84. The van der Waals surface area contributed by atoms with Crippen molar-refractivity contribution in [3.63, 3.8) is 0 Å².